The van der Waals surface area contributed by atoms with Gasteiger partial charge in [-0.1, -0.05) is 13.0 Å². The molecule has 1 atom stereocenters. The van der Waals surface area contributed by atoms with Gasteiger partial charge in [0.05, 0.1) is 0 Å². The first-order valence-electron chi connectivity index (χ1n) is 6.58. The summed E-state index contributed by atoms with van der Waals surface area (Å²) in [5, 5.41) is 9.00. The van der Waals surface area contributed by atoms with Gasteiger partial charge in [0.15, 0.2) is 0 Å². The fourth-order valence-electron chi connectivity index (χ4n) is 1.91. The standard InChI is InChI=1S/C15H21NO3S/c1-5-11(3)16(9-14(17)18)15(19)13-8-12(20-4)7-6-10(13)2/h6-8,11H,5,9H2,1-4H3,(H,17,18). The number of carboxylic acids is 1. The predicted molar refractivity (Wildman–Crippen MR) is 81.4 cm³/mol. The van der Waals surface area contributed by atoms with Crippen LogP contribution in [-0.4, -0.2) is 40.7 Å². The number of rotatable bonds is 6. The quantitative estimate of drug-likeness (QED) is 0.820. The molecule has 0 aliphatic rings. The van der Waals surface area contributed by atoms with Crippen LogP contribution in [0.1, 0.15) is 36.2 Å². The average molecular weight is 295 g/mol. The van der Waals surface area contributed by atoms with Gasteiger partial charge in [0.25, 0.3) is 5.91 Å². The van der Waals surface area contributed by atoms with Crippen LogP contribution in [-0.2, 0) is 4.79 Å². The zero-order valence-corrected chi connectivity index (χ0v) is 13.2. The molecule has 1 aromatic rings. The number of thioether (sulfide) groups is 1. The van der Waals surface area contributed by atoms with Crippen LogP contribution in [0.25, 0.3) is 0 Å². The summed E-state index contributed by atoms with van der Waals surface area (Å²) in [6.07, 6.45) is 2.67. The minimum absolute atomic E-state index is 0.101. The van der Waals surface area contributed by atoms with E-state index in [2.05, 4.69) is 0 Å². The maximum Gasteiger partial charge on any atom is 0.323 e. The Labute approximate surface area is 124 Å². The van der Waals surface area contributed by atoms with Crippen molar-refractivity contribution < 1.29 is 14.7 Å². The number of aryl methyl sites for hydroxylation is 1. The third kappa shape index (κ3) is 4.00. The van der Waals surface area contributed by atoms with Crippen LogP contribution in [0.4, 0.5) is 0 Å². The van der Waals surface area contributed by atoms with E-state index in [0.29, 0.717) is 5.56 Å². The number of benzene rings is 1. The Morgan fingerprint density at radius 1 is 1.40 bits per heavy atom. The summed E-state index contributed by atoms with van der Waals surface area (Å²) < 4.78 is 0. The molecule has 110 valence electrons. The monoisotopic (exact) mass is 295 g/mol. The summed E-state index contributed by atoms with van der Waals surface area (Å²) >= 11 is 1.56. The zero-order valence-electron chi connectivity index (χ0n) is 12.3. The van der Waals surface area contributed by atoms with Gasteiger partial charge < -0.3 is 10.0 Å². The molecular formula is C15H21NO3S. The van der Waals surface area contributed by atoms with Crippen molar-refractivity contribution in [3.05, 3.63) is 29.3 Å². The molecule has 1 aromatic carbocycles. The highest BCUT2D eigenvalue weighted by atomic mass is 32.2. The highest BCUT2D eigenvalue weighted by Gasteiger charge is 2.24. The molecule has 1 unspecified atom stereocenters. The Kier molecular flexibility index (Phi) is 6.07. The molecule has 1 rings (SSSR count). The van der Waals surface area contributed by atoms with Gasteiger partial charge in [-0.15, -0.1) is 11.8 Å². The molecule has 0 saturated heterocycles. The summed E-state index contributed by atoms with van der Waals surface area (Å²) in [5.74, 6) is -1.20. The molecule has 0 saturated carbocycles. The second kappa shape index (κ2) is 7.33. The van der Waals surface area contributed by atoms with Crippen LogP contribution < -0.4 is 0 Å². The predicted octanol–water partition coefficient (Wildman–Crippen LogP) is 3.04. The molecule has 4 nitrogen and oxygen atoms in total. The summed E-state index contributed by atoms with van der Waals surface area (Å²) in [6.45, 7) is 5.41. The van der Waals surface area contributed by atoms with E-state index in [-0.39, 0.29) is 18.5 Å². The third-order valence-electron chi connectivity index (χ3n) is 3.36. The number of nitrogens with zero attached hydrogens (tertiary/aromatic N) is 1. The molecule has 5 heteroatoms. The number of carbonyl (C=O) groups is 2. The van der Waals surface area contributed by atoms with Crippen molar-refractivity contribution in [1.82, 2.24) is 4.90 Å². The van der Waals surface area contributed by atoms with Crippen molar-refractivity contribution in [1.29, 1.82) is 0 Å². The van der Waals surface area contributed by atoms with E-state index in [9.17, 15) is 9.59 Å². The van der Waals surface area contributed by atoms with Crippen LogP contribution in [0.15, 0.2) is 23.1 Å². The van der Waals surface area contributed by atoms with E-state index in [1.165, 1.54) is 4.90 Å². The van der Waals surface area contributed by atoms with Crippen LogP contribution in [0.3, 0.4) is 0 Å². The molecule has 0 fully saturated rings. The fraction of sp³-hybridized carbons (Fsp3) is 0.467. The second-order valence-electron chi connectivity index (χ2n) is 4.76. The SMILES string of the molecule is CCC(C)N(CC(=O)O)C(=O)c1cc(SC)ccc1C. The minimum atomic E-state index is -0.989. The van der Waals surface area contributed by atoms with Crippen LogP contribution >= 0.6 is 11.8 Å². The van der Waals surface area contributed by atoms with Gasteiger partial charge in [0, 0.05) is 16.5 Å². The lowest BCUT2D eigenvalue weighted by Crippen LogP contribution is -2.42. The van der Waals surface area contributed by atoms with Crippen molar-refractivity contribution in [2.75, 3.05) is 12.8 Å². The number of hydrogen-bond acceptors (Lipinski definition) is 3. The first-order valence-corrected chi connectivity index (χ1v) is 7.80. The molecule has 0 aromatic heterocycles. The molecule has 1 N–H and O–H groups in total. The van der Waals surface area contributed by atoms with Crippen LogP contribution in [0.2, 0.25) is 0 Å². The molecule has 1 amide bonds. The fourth-order valence-corrected chi connectivity index (χ4v) is 2.35. The van der Waals surface area contributed by atoms with Gasteiger partial charge in [0.2, 0.25) is 0 Å². The van der Waals surface area contributed by atoms with Crippen LogP contribution in [0, 0.1) is 6.92 Å². The molecule has 0 bridgehead atoms. The number of amides is 1. The van der Waals surface area contributed by atoms with Crippen molar-refractivity contribution in [3.8, 4) is 0 Å². The van der Waals surface area contributed by atoms with E-state index in [1.807, 2.05) is 45.2 Å². The van der Waals surface area contributed by atoms with E-state index < -0.39 is 5.97 Å². The lowest BCUT2D eigenvalue weighted by molar-refractivity contribution is -0.138. The van der Waals surface area contributed by atoms with E-state index in [0.717, 1.165) is 16.9 Å². The van der Waals surface area contributed by atoms with Crippen molar-refractivity contribution >= 4 is 23.6 Å². The Balaban J connectivity index is 3.14. The minimum Gasteiger partial charge on any atom is -0.480 e. The topological polar surface area (TPSA) is 57.6 Å². The number of carboxylic acid groups (broad SMARTS) is 1. The number of aliphatic carboxylic acids is 1. The third-order valence-corrected chi connectivity index (χ3v) is 4.09. The number of carbonyl (C=O) groups excluding carboxylic acids is 1. The summed E-state index contributed by atoms with van der Waals surface area (Å²) in [6, 6.07) is 5.59. The van der Waals surface area contributed by atoms with Gasteiger partial charge in [-0.3, -0.25) is 9.59 Å². The Morgan fingerprint density at radius 2 is 2.05 bits per heavy atom. The summed E-state index contributed by atoms with van der Waals surface area (Å²) in [4.78, 5) is 26.0. The molecule has 0 radical (unpaired) electrons. The van der Waals surface area contributed by atoms with Gasteiger partial charge in [-0.25, -0.2) is 0 Å². The second-order valence-corrected chi connectivity index (χ2v) is 5.64. The zero-order chi connectivity index (χ0) is 15.3. The van der Waals surface area contributed by atoms with Gasteiger partial charge in [-0.05, 0) is 44.2 Å². The maximum absolute atomic E-state index is 12.6. The first-order chi connectivity index (χ1) is 9.40. The van der Waals surface area contributed by atoms with E-state index in [4.69, 9.17) is 5.11 Å². The van der Waals surface area contributed by atoms with Crippen molar-refractivity contribution in [2.45, 2.75) is 38.1 Å². The summed E-state index contributed by atoms with van der Waals surface area (Å²) in [5.41, 5.74) is 1.45. The van der Waals surface area contributed by atoms with Gasteiger partial charge in [0.1, 0.15) is 6.54 Å². The highest BCUT2D eigenvalue weighted by Crippen LogP contribution is 2.21. The maximum atomic E-state index is 12.6. The van der Waals surface area contributed by atoms with Crippen molar-refractivity contribution in [2.24, 2.45) is 0 Å². The molecular weight excluding hydrogens is 274 g/mol. The highest BCUT2D eigenvalue weighted by molar-refractivity contribution is 7.98. The van der Waals surface area contributed by atoms with E-state index >= 15 is 0 Å². The lowest BCUT2D eigenvalue weighted by Gasteiger charge is -2.27. The molecule has 0 aliphatic heterocycles. The normalized spacial score (nSPS) is 12.0. The molecule has 0 heterocycles. The Bertz CT molecular complexity index is 502. The Hall–Kier alpha value is -1.49. The van der Waals surface area contributed by atoms with Gasteiger partial charge >= 0.3 is 5.97 Å². The smallest absolute Gasteiger partial charge is 0.323 e. The molecule has 20 heavy (non-hydrogen) atoms. The summed E-state index contributed by atoms with van der Waals surface area (Å²) in [7, 11) is 0. The van der Waals surface area contributed by atoms with Gasteiger partial charge in [-0.2, -0.15) is 0 Å². The first kappa shape index (κ1) is 16.6. The lowest BCUT2D eigenvalue weighted by atomic mass is 10.1. The molecule has 0 spiro atoms. The van der Waals surface area contributed by atoms with Crippen molar-refractivity contribution in [3.63, 3.8) is 0 Å². The molecule has 0 aliphatic carbocycles. The largest absolute Gasteiger partial charge is 0.480 e. The average Bonchev–Trinajstić information content (AvgIpc) is 2.43. The number of hydrogen-bond donors (Lipinski definition) is 1. The Morgan fingerprint density at radius 3 is 2.55 bits per heavy atom. The van der Waals surface area contributed by atoms with Crippen LogP contribution in [0.5, 0.6) is 0 Å². The van der Waals surface area contributed by atoms with E-state index in [1.54, 1.807) is 11.8 Å².